The Morgan fingerprint density at radius 3 is 2.37 bits per heavy atom. The first-order valence-corrected chi connectivity index (χ1v) is 6.27. The first kappa shape index (κ1) is 18.1. The van der Waals surface area contributed by atoms with Crippen LogP contribution in [-0.4, -0.2) is 33.8 Å². The summed E-state index contributed by atoms with van der Waals surface area (Å²) in [5.74, 6) is 3.15. The summed E-state index contributed by atoms with van der Waals surface area (Å²) in [6, 6.07) is 0.373. The molecule has 0 spiro atoms. The van der Waals surface area contributed by atoms with Gasteiger partial charge in [0.2, 0.25) is 0 Å². The van der Waals surface area contributed by atoms with E-state index in [2.05, 4.69) is 46.6 Å². The van der Waals surface area contributed by atoms with Gasteiger partial charge in [0.25, 0.3) is 0 Å². The lowest BCUT2D eigenvalue weighted by Gasteiger charge is -2.20. The van der Waals surface area contributed by atoms with Crippen LogP contribution < -0.4 is 10.6 Å². The Balaban J connectivity index is 0.00000324. The lowest BCUT2D eigenvalue weighted by molar-refractivity contribution is 0.480. The van der Waals surface area contributed by atoms with Gasteiger partial charge in [0.05, 0.1) is 6.54 Å². The largest absolute Gasteiger partial charge is 0.354 e. The maximum absolute atomic E-state index is 4.20. The smallest absolute Gasteiger partial charge is 0.191 e. The number of nitrogens with one attached hydrogen (secondary N) is 2. The van der Waals surface area contributed by atoms with Gasteiger partial charge in [-0.05, 0) is 19.8 Å². The quantitative estimate of drug-likeness (QED) is 0.472. The highest BCUT2D eigenvalue weighted by Gasteiger charge is 2.10. The number of halogens is 1. The van der Waals surface area contributed by atoms with Crippen molar-refractivity contribution in [2.75, 3.05) is 7.05 Å². The molecular weight excluding hydrogens is 355 g/mol. The van der Waals surface area contributed by atoms with Crippen molar-refractivity contribution in [1.82, 2.24) is 25.4 Å². The zero-order chi connectivity index (χ0) is 13.7. The standard InChI is InChI=1S/C12H24N6.HI/c1-8(2)9(3)15-12(13-5)14-7-11-17-16-10(4)18(11)6;/h8-9H,7H2,1-6H3,(H2,13,14,15);1H. The molecule has 110 valence electrons. The van der Waals surface area contributed by atoms with Crippen LogP contribution in [0, 0.1) is 12.8 Å². The third-order valence-corrected chi connectivity index (χ3v) is 3.18. The average molecular weight is 380 g/mol. The highest BCUT2D eigenvalue weighted by Crippen LogP contribution is 2.00. The second-order valence-electron chi connectivity index (χ2n) is 4.83. The number of nitrogens with zero attached hydrogens (tertiary/aromatic N) is 4. The van der Waals surface area contributed by atoms with Crippen LogP contribution in [0.3, 0.4) is 0 Å². The van der Waals surface area contributed by atoms with Crippen LogP contribution in [0.15, 0.2) is 4.99 Å². The maximum atomic E-state index is 4.20. The number of aliphatic imine (C=N–C) groups is 1. The van der Waals surface area contributed by atoms with Crippen LogP contribution in [0.2, 0.25) is 0 Å². The molecule has 6 nitrogen and oxygen atoms in total. The minimum atomic E-state index is 0. The van der Waals surface area contributed by atoms with E-state index >= 15 is 0 Å². The van der Waals surface area contributed by atoms with Gasteiger partial charge >= 0.3 is 0 Å². The first-order chi connectivity index (χ1) is 8.45. The molecule has 1 aromatic rings. The van der Waals surface area contributed by atoms with Crippen LogP contribution in [0.1, 0.15) is 32.4 Å². The maximum Gasteiger partial charge on any atom is 0.191 e. The Hall–Kier alpha value is -0.860. The minimum Gasteiger partial charge on any atom is -0.354 e. The number of rotatable bonds is 4. The summed E-state index contributed by atoms with van der Waals surface area (Å²) in [4.78, 5) is 4.20. The summed E-state index contributed by atoms with van der Waals surface area (Å²) in [6.45, 7) is 9.05. The van der Waals surface area contributed by atoms with Gasteiger partial charge in [-0.3, -0.25) is 4.99 Å². The zero-order valence-electron chi connectivity index (χ0n) is 12.6. The van der Waals surface area contributed by atoms with E-state index in [0.29, 0.717) is 18.5 Å². The second-order valence-corrected chi connectivity index (χ2v) is 4.83. The number of hydrogen-bond acceptors (Lipinski definition) is 3. The van der Waals surface area contributed by atoms with Crippen LogP contribution in [-0.2, 0) is 13.6 Å². The van der Waals surface area contributed by atoms with Gasteiger partial charge in [0.15, 0.2) is 11.8 Å². The Morgan fingerprint density at radius 1 is 1.32 bits per heavy atom. The molecule has 1 rings (SSSR count). The molecule has 0 fully saturated rings. The van der Waals surface area contributed by atoms with Crippen molar-refractivity contribution >= 4 is 29.9 Å². The highest BCUT2D eigenvalue weighted by molar-refractivity contribution is 14.0. The molecule has 2 N–H and O–H groups in total. The Morgan fingerprint density at radius 2 is 1.95 bits per heavy atom. The molecule has 1 aromatic heterocycles. The van der Waals surface area contributed by atoms with Gasteiger partial charge in [-0.1, -0.05) is 13.8 Å². The molecule has 1 heterocycles. The van der Waals surface area contributed by atoms with Crippen molar-refractivity contribution in [3.63, 3.8) is 0 Å². The molecule has 19 heavy (non-hydrogen) atoms. The molecule has 0 amide bonds. The van der Waals surface area contributed by atoms with E-state index in [4.69, 9.17) is 0 Å². The van der Waals surface area contributed by atoms with Crippen molar-refractivity contribution in [3.8, 4) is 0 Å². The number of guanidine groups is 1. The molecule has 0 bridgehead atoms. The normalized spacial score (nSPS) is 13.1. The summed E-state index contributed by atoms with van der Waals surface area (Å²) in [6.07, 6.45) is 0. The molecule has 1 atom stereocenters. The first-order valence-electron chi connectivity index (χ1n) is 6.27. The predicted molar refractivity (Wildman–Crippen MR) is 88.8 cm³/mol. The molecule has 7 heteroatoms. The number of aromatic nitrogens is 3. The lowest BCUT2D eigenvalue weighted by atomic mass is 10.1. The van der Waals surface area contributed by atoms with Crippen molar-refractivity contribution in [1.29, 1.82) is 0 Å². The SMILES string of the molecule is CN=C(NCc1nnc(C)n1C)NC(C)C(C)C.I. The molecular formula is C12H25IN6. The van der Waals surface area contributed by atoms with Crippen molar-refractivity contribution in [3.05, 3.63) is 11.6 Å². The molecule has 0 saturated carbocycles. The van der Waals surface area contributed by atoms with Crippen molar-refractivity contribution in [2.24, 2.45) is 18.0 Å². The van der Waals surface area contributed by atoms with Crippen LogP contribution >= 0.6 is 24.0 Å². The van der Waals surface area contributed by atoms with E-state index in [1.165, 1.54) is 0 Å². The Labute approximate surface area is 132 Å². The van der Waals surface area contributed by atoms with Crippen molar-refractivity contribution < 1.29 is 0 Å². The molecule has 0 radical (unpaired) electrons. The summed E-state index contributed by atoms with van der Waals surface area (Å²) in [5.41, 5.74) is 0. The van der Waals surface area contributed by atoms with Gasteiger partial charge in [0.1, 0.15) is 5.82 Å². The number of hydrogen-bond donors (Lipinski definition) is 2. The molecule has 1 unspecified atom stereocenters. The number of aryl methyl sites for hydroxylation is 1. The Kier molecular flexibility index (Phi) is 7.96. The van der Waals surface area contributed by atoms with Crippen LogP contribution in [0.25, 0.3) is 0 Å². The fraction of sp³-hybridized carbons (Fsp3) is 0.750. The Bertz CT molecular complexity index is 412. The third kappa shape index (κ3) is 5.33. The average Bonchev–Trinajstić information content (AvgIpc) is 2.65. The minimum absolute atomic E-state index is 0. The third-order valence-electron chi connectivity index (χ3n) is 3.18. The van der Waals surface area contributed by atoms with Gasteiger partial charge in [0, 0.05) is 20.1 Å². The molecule has 0 aliphatic carbocycles. The molecule has 0 aliphatic heterocycles. The molecule has 0 saturated heterocycles. The zero-order valence-corrected chi connectivity index (χ0v) is 14.9. The second kappa shape index (κ2) is 8.34. The van der Waals surface area contributed by atoms with E-state index in [0.717, 1.165) is 17.6 Å². The molecule has 0 aromatic carbocycles. The van der Waals surface area contributed by atoms with Gasteiger partial charge in [-0.25, -0.2) is 0 Å². The summed E-state index contributed by atoms with van der Waals surface area (Å²) >= 11 is 0. The van der Waals surface area contributed by atoms with E-state index in [-0.39, 0.29) is 24.0 Å². The highest BCUT2D eigenvalue weighted by atomic mass is 127. The summed E-state index contributed by atoms with van der Waals surface area (Å²) < 4.78 is 1.96. The van der Waals surface area contributed by atoms with E-state index in [1.54, 1.807) is 7.05 Å². The summed E-state index contributed by atoms with van der Waals surface area (Å²) in [7, 11) is 3.73. The topological polar surface area (TPSA) is 67.1 Å². The molecule has 0 aliphatic rings. The summed E-state index contributed by atoms with van der Waals surface area (Å²) in [5, 5.41) is 14.7. The van der Waals surface area contributed by atoms with Gasteiger partial charge in [-0.2, -0.15) is 0 Å². The predicted octanol–water partition coefficient (Wildman–Crippen LogP) is 1.45. The van der Waals surface area contributed by atoms with E-state index < -0.39 is 0 Å². The monoisotopic (exact) mass is 380 g/mol. The van der Waals surface area contributed by atoms with E-state index in [9.17, 15) is 0 Å². The van der Waals surface area contributed by atoms with E-state index in [1.807, 2.05) is 18.5 Å². The fourth-order valence-corrected chi connectivity index (χ4v) is 1.34. The van der Waals surface area contributed by atoms with Crippen LogP contribution in [0.4, 0.5) is 0 Å². The van der Waals surface area contributed by atoms with Crippen molar-refractivity contribution in [2.45, 2.75) is 40.3 Å². The van der Waals surface area contributed by atoms with Gasteiger partial charge in [-0.15, -0.1) is 34.2 Å². The van der Waals surface area contributed by atoms with Gasteiger partial charge < -0.3 is 15.2 Å². The fourth-order valence-electron chi connectivity index (χ4n) is 1.34. The van der Waals surface area contributed by atoms with Crippen LogP contribution in [0.5, 0.6) is 0 Å². The lowest BCUT2D eigenvalue weighted by Crippen LogP contribution is -2.44.